The van der Waals surface area contributed by atoms with E-state index in [2.05, 4.69) is 10.3 Å². The van der Waals surface area contributed by atoms with Crippen LogP contribution in [-0.4, -0.2) is 15.5 Å². The Bertz CT molecular complexity index is 1130. The summed E-state index contributed by atoms with van der Waals surface area (Å²) in [6.07, 6.45) is 0. The molecule has 0 bridgehead atoms. The Morgan fingerprint density at radius 3 is 2.15 bits per heavy atom. The van der Waals surface area contributed by atoms with Gasteiger partial charge in [-0.15, -0.1) is 0 Å². The van der Waals surface area contributed by atoms with E-state index in [9.17, 15) is 9.59 Å². The van der Waals surface area contributed by atoms with Crippen LogP contribution in [0.5, 0.6) is 0 Å². The molecular weight excluding hydrogens is 326 g/mol. The van der Waals surface area contributed by atoms with Crippen molar-refractivity contribution in [3.05, 3.63) is 82.6 Å². The minimum Gasteiger partial charge on any atom is -0.331 e. The van der Waals surface area contributed by atoms with Crippen molar-refractivity contribution in [1.82, 2.24) is 9.55 Å². The number of para-hydroxylation sites is 2. The van der Waals surface area contributed by atoms with Gasteiger partial charge in [-0.2, -0.15) is 0 Å². The predicted molar refractivity (Wildman–Crippen MR) is 103 cm³/mol. The number of hydrogen-bond donors (Lipinski definition) is 1. The minimum atomic E-state index is -0.193. The third-order valence-electron chi connectivity index (χ3n) is 4.34. The molecule has 0 fully saturated rings. The van der Waals surface area contributed by atoms with E-state index in [4.69, 9.17) is 0 Å². The van der Waals surface area contributed by atoms with Gasteiger partial charge in [0, 0.05) is 16.5 Å². The Kier molecular flexibility index (Phi) is 3.97. The highest BCUT2D eigenvalue weighted by atomic mass is 16.2. The number of rotatable bonds is 3. The lowest BCUT2D eigenvalue weighted by Gasteiger charge is -2.15. The highest BCUT2D eigenvalue weighted by Crippen LogP contribution is 2.19. The monoisotopic (exact) mass is 343 g/mol. The predicted octanol–water partition coefficient (Wildman–Crippen LogP) is 3.50. The molecule has 128 valence electrons. The van der Waals surface area contributed by atoms with Gasteiger partial charge in [0.05, 0.1) is 11.0 Å². The first kappa shape index (κ1) is 16.0. The van der Waals surface area contributed by atoms with Crippen molar-refractivity contribution in [2.45, 2.75) is 13.5 Å². The van der Waals surface area contributed by atoms with Gasteiger partial charge in [0.2, 0.25) is 5.91 Å². The zero-order chi connectivity index (χ0) is 18.1. The standard InChI is InChI=1S/C21H17N3O2/c1-14-7-6-12-19(22-14)23-20(25)13-24-17-10-4-2-8-15(17)21(26)16-9-3-5-11-18(16)24/h2-12H,13H2,1H3,(H,22,23,25). The lowest BCUT2D eigenvalue weighted by atomic mass is 10.1. The van der Waals surface area contributed by atoms with Crippen molar-refractivity contribution in [1.29, 1.82) is 0 Å². The zero-order valence-electron chi connectivity index (χ0n) is 14.3. The van der Waals surface area contributed by atoms with Crippen molar-refractivity contribution in [2.24, 2.45) is 0 Å². The number of anilines is 1. The number of hydrogen-bond acceptors (Lipinski definition) is 3. The van der Waals surface area contributed by atoms with Crippen molar-refractivity contribution in [3.8, 4) is 0 Å². The number of aryl methyl sites for hydroxylation is 1. The molecule has 1 amide bonds. The normalized spacial score (nSPS) is 11.0. The third kappa shape index (κ3) is 2.84. The molecule has 2 aromatic heterocycles. The summed E-state index contributed by atoms with van der Waals surface area (Å²) < 4.78 is 1.87. The molecule has 0 aliphatic carbocycles. The van der Waals surface area contributed by atoms with Crippen LogP contribution >= 0.6 is 0 Å². The minimum absolute atomic E-state index is 0.0202. The summed E-state index contributed by atoms with van der Waals surface area (Å²) in [5.74, 6) is 0.326. The number of aromatic nitrogens is 2. The maximum absolute atomic E-state index is 12.7. The van der Waals surface area contributed by atoms with Gasteiger partial charge in [-0.05, 0) is 43.3 Å². The molecule has 26 heavy (non-hydrogen) atoms. The number of benzene rings is 2. The summed E-state index contributed by atoms with van der Waals surface area (Å²) in [4.78, 5) is 29.6. The van der Waals surface area contributed by atoms with Crippen LogP contribution in [-0.2, 0) is 11.3 Å². The molecule has 2 heterocycles. The number of fused-ring (bicyclic) bond motifs is 2. The molecule has 0 saturated heterocycles. The highest BCUT2D eigenvalue weighted by Gasteiger charge is 2.13. The van der Waals surface area contributed by atoms with E-state index in [1.165, 1.54) is 0 Å². The first-order valence-electron chi connectivity index (χ1n) is 8.37. The van der Waals surface area contributed by atoms with Gasteiger partial charge in [-0.25, -0.2) is 4.98 Å². The number of carbonyl (C=O) groups is 1. The van der Waals surface area contributed by atoms with Gasteiger partial charge < -0.3 is 9.88 Å². The van der Waals surface area contributed by atoms with E-state index in [1.54, 1.807) is 18.2 Å². The highest BCUT2D eigenvalue weighted by molar-refractivity contribution is 5.96. The Balaban J connectivity index is 1.81. The van der Waals surface area contributed by atoms with Gasteiger partial charge >= 0.3 is 0 Å². The van der Waals surface area contributed by atoms with E-state index in [-0.39, 0.29) is 17.9 Å². The van der Waals surface area contributed by atoms with E-state index in [1.807, 2.05) is 60.0 Å². The summed E-state index contributed by atoms with van der Waals surface area (Å²) in [5.41, 5.74) is 2.29. The summed E-state index contributed by atoms with van der Waals surface area (Å²) in [6, 6.07) is 20.2. The molecule has 2 aromatic carbocycles. The first-order valence-corrected chi connectivity index (χ1v) is 8.37. The quantitative estimate of drug-likeness (QED) is 0.579. The van der Waals surface area contributed by atoms with Gasteiger partial charge in [-0.1, -0.05) is 30.3 Å². The van der Waals surface area contributed by atoms with Crippen molar-refractivity contribution in [2.75, 3.05) is 5.32 Å². The Morgan fingerprint density at radius 1 is 0.923 bits per heavy atom. The second-order valence-electron chi connectivity index (χ2n) is 6.16. The van der Waals surface area contributed by atoms with Crippen molar-refractivity contribution < 1.29 is 4.79 Å². The Hall–Kier alpha value is -3.47. The number of amides is 1. The molecule has 0 unspecified atom stereocenters. The van der Waals surface area contributed by atoms with Gasteiger partial charge in [0.15, 0.2) is 5.43 Å². The fourth-order valence-corrected chi connectivity index (χ4v) is 3.19. The van der Waals surface area contributed by atoms with Crippen LogP contribution in [0.1, 0.15) is 5.69 Å². The van der Waals surface area contributed by atoms with Crippen LogP contribution in [0.25, 0.3) is 21.8 Å². The van der Waals surface area contributed by atoms with Crippen molar-refractivity contribution >= 4 is 33.5 Å². The molecule has 0 saturated carbocycles. The number of carbonyl (C=O) groups excluding carboxylic acids is 1. The number of nitrogens with one attached hydrogen (secondary N) is 1. The lowest BCUT2D eigenvalue weighted by Crippen LogP contribution is -2.22. The van der Waals surface area contributed by atoms with Crippen LogP contribution in [0.3, 0.4) is 0 Å². The summed E-state index contributed by atoms with van der Waals surface area (Å²) in [7, 11) is 0. The molecule has 4 rings (SSSR count). The topological polar surface area (TPSA) is 64.0 Å². The molecule has 0 spiro atoms. The molecule has 0 radical (unpaired) electrons. The molecule has 0 atom stereocenters. The third-order valence-corrected chi connectivity index (χ3v) is 4.34. The maximum atomic E-state index is 12.7. The molecule has 5 nitrogen and oxygen atoms in total. The van der Waals surface area contributed by atoms with Crippen LogP contribution in [0.2, 0.25) is 0 Å². The summed E-state index contributed by atoms with van der Waals surface area (Å²) in [6.45, 7) is 1.97. The van der Waals surface area contributed by atoms with Gasteiger partial charge in [-0.3, -0.25) is 9.59 Å². The Morgan fingerprint density at radius 2 is 1.54 bits per heavy atom. The molecule has 1 N–H and O–H groups in total. The largest absolute Gasteiger partial charge is 0.331 e. The van der Waals surface area contributed by atoms with E-state index in [0.29, 0.717) is 16.6 Å². The number of nitrogens with zero attached hydrogens (tertiary/aromatic N) is 2. The van der Waals surface area contributed by atoms with Crippen LogP contribution in [0.4, 0.5) is 5.82 Å². The zero-order valence-corrected chi connectivity index (χ0v) is 14.3. The smallest absolute Gasteiger partial charge is 0.245 e. The van der Waals surface area contributed by atoms with E-state index in [0.717, 1.165) is 16.7 Å². The van der Waals surface area contributed by atoms with Crippen LogP contribution in [0, 0.1) is 6.92 Å². The second-order valence-corrected chi connectivity index (χ2v) is 6.16. The first-order chi connectivity index (χ1) is 12.6. The van der Waals surface area contributed by atoms with E-state index >= 15 is 0 Å². The van der Waals surface area contributed by atoms with E-state index < -0.39 is 0 Å². The lowest BCUT2D eigenvalue weighted by molar-refractivity contribution is -0.116. The SMILES string of the molecule is Cc1cccc(NC(=O)Cn2c3ccccc3c(=O)c3ccccc32)n1. The van der Waals surface area contributed by atoms with Crippen molar-refractivity contribution in [3.63, 3.8) is 0 Å². The summed E-state index contributed by atoms with van der Waals surface area (Å²) in [5, 5.41) is 4.03. The Labute approximate surface area is 149 Å². The maximum Gasteiger partial charge on any atom is 0.245 e. The number of pyridine rings is 2. The fourth-order valence-electron chi connectivity index (χ4n) is 3.19. The average Bonchev–Trinajstić information content (AvgIpc) is 2.65. The molecule has 4 aromatic rings. The van der Waals surface area contributed by atoms with Gasteiger partial charge in [0.1, 0.15) is 12.4 Å². The fraction of sp³-hybridized carbons (Fsp3) is 0.0952. The molecular formula is C21H17N3O2. The van der Waals surface area contributed by atoms with Crippen LogP contribution < -0.4 is 10.7 Å². The molecule has 5 heteroatoms. The van der Waals surface area contributed by atoms with Gasteiger partial charge in [0.25, 0.3) is 0 Å². The molecule has 0 aliphatic rings. The average molecular weight is 343 g/mol. The summed E-state index contributed by atoms with van der Waals surface area (Å²) >= 11 is 0. The molecule has 0 aliphatic heterocycles. The second kappa shape index (κ2) is 6.44. The van der Waals surface area contributed by atoms with Crippen LogP contribution in [0.15, 0.2) is 71.5 Å².